The fourth-order valence-electron chi connectivity index (χ4n) is 3.69. The Balaban J connectivity index is 1.37. The minimum Gasteiger partial charge on any atom is -0.382 e. The molecule has 1 saturated heterocycles. The van der Waals surface area contributed by atoms with E-state index in [9.17, 15) is 13.6 Å². The molecule has 1 saturated carbocycles. The van der Waals surface area contributed by atoms with Crippen molar-refractivity contribution < 1.29 is 18.4 Å². The number of amides is 1. The second-order valence-electron chi connectivity index (χ2n) is 7.09. The number of hydrogen-bond donors (Lipinski definition) is 1. The summed E-state index contributed by atoms with van der Waals surface area (Å²) >= 11 is 0. The molecule has 1 amide bonds. The van der Waals surface area contributed by atoms with Gasteiger partial charge in [-0.3, -0.25) is 14.6 Å². The van der Waals surface area contributed by atoms with Crippen molar-refractivity contribution in [3.8, 4) is 6.07 Å². The highest BCUT2D eigenvalue weighted by molar-refractivity contribution is 5.80. The summed E-state index contributed by atoms with van der Waals surface area (Å²) in [5.74, 6) is -1.28. The lowest BCUT2D eigenvalue weighted by atomic mass is 9.79. The molecule has 2 aromatic rings. The first-order chi connectivity index (χ1) is 13.5. The smallest absolute Gasteiger partial charge is 0.249 e. The summed E-state index contributed by atoms with van der Waals surface area (Å²) in [6.07, 6.45) is 4.41. The van der Waals surface area contributed by atoms with Crippen LogP contribution in [-0.2, 0) is 9.63 Å². The predicted molar refractivity (Wildman–Crippen MR) is 95.6 cm³/mol. The van der Waals surface area contributed by atoms with Gasteiger partial charge in [0, 0.05) is 30.3 Å². The number of nitrogens with zero attached hydrogens (tertiary/aromatic N) is 3. The molecular weight excluding hydrogens is 366 g/mol. The first-order valence-electron chi connectivity index (χ1n) is 9.07. The number of carbonyl (C=O) groups excluding carboxylic acids is 1. The lowest BCUT2D eigenvalue weighted by Crippen LogP contribution is -2.45. The summed E-state index contributed by atoms with van der Waals surface area (Å²) in [5, 5.41) is 13.4. The van der Waals surface area contributed by atoms with E-state index in [1.54, 1.807) is 12.3 Å². The third-order valence-electron chi connectivity index (χ3n) is 5.12. The van der Waals surface area contributed by atoms with Crippen molar-refractivity contribution in [1.82, 2.24) is 10.0 Å². The minimum atomic E-state index is -0.481. The number of benzene rings is 1. The normalized spacial score (nSPS) is 23.8. The van der Waals surface area contributed by atoms with E-state index >= 15 is 0 Å². The van der Waals surface area contributed by atoms with Gasteiger partial charge in [-0.2, -0.15) is 5.26 Å². The second-order valence-corrected chi connectivity index (χ2v) is 7.09. The molecule has 4 rings (SSSR count). The lowest BCUT2D eigenvalue weighted by molar-refractivity contribution is -0.184. The minimum absolute atomic E-state index is 0.0131. The van der Waals surface area contributed by atoms with E-state index in [0.29, 0.717) is 37.1 Å². The van der Waals surface area contributed by atoms with Gasteiger partial charge in [-0.05, 0) is 42.7 Å². The van der Waals surface area contributed by atoms with Crippen molar-refractivity contribution in [2.24, 2.45) is 5.92 Å². The van der Waals surface area contributed by atoms with Crippen LogP contribution in [0.2, 0.25) is 0 Å². The molecular formula is C20H18F2N4O2. The summed E-state index contributed by atoms with van der Waals surface area (Å²) in [6, 6.07) is 7.03. The maximum absolute atomic E-state index is 13.5. The third-order valence-corrected chi connectivity index (χ3v) is 5.12. The van der Waals surface area contributed by atoms with Crippen LogP contribution in [0.3, 0.4) is 0 Å². The van der Waals surface area contributed by atoms with Crippen LogP contribution in [0.25, 0.3) is 0 Å². The van der Waals surface area contributed by atoms with Crippen molar-refractivity contribution in [1.29, 1.82) is 5.26 Å². The maximum Gasteiger partial charge on any atom is 0.249 e. The highest BCUT2D eigenvalue weighted by atomic mass is 19.1. The highest BCUT2D eigenvalue weighted by Gasteiger charge is 2.41. The lowest BCUT2D eigenvalue weighted by Gasteiger charge is -2.38. The summed E-state index contributed by atoms with van der Waals surface area (Å²) < 4.78 is 27.0. The average Bonchev–Trinajstić information content (AvgIpc) is 3.13. The van der Waals surface area contributed by atoms with E-state index in [1.165, 1.54) is 23.3 Å². The second kappa shape index (κ2) is 7.52. The largest absolute Gasteiger partial charge is 0.382 e. The Morgan fingerprint density at radius 1 is 1.21 bits per heavy atom. The maximum atomic E-state index is 13.5. The van der Waals surface area contributed by atoms with Gasteiger partial charge >= 0.3 is 0 Å². The molecule has 0 spiro atoms. The highest BCUT2D eigenvalue weighted by Crippen LogP contribution is 2.37. The van der Waals surface area contributed by atoms with Gasteiger partial charge in [0.1, 0.15) is 11.6 Å². The van der Waals surface area contributed by atoms with Crippen LogP contribution in [-0.4, -0.2) is 28.6 Å². The van der Waals surface area contributed by atoms with Crippen molar-refractivity contribution in [3.05, 3.63) is 59.4 Å². The van der Waals surface area contributed by atoms with Gasteiger partial charge < -0.3 is 5.32 Å². The molecule has 28 heavy (non-hydrogen) atoms. The number of anilines is 1. The van der Waals surface area contributed by atoms with Gasteiger partial charge in [-0.1, -0.05) is 0 Å². The summed E-state index contributed by atoms with van der Waals surface area (Å²) in [6.45, 7) is 0.390. The Morgan fingerprint density at radius 2 is 2.04 bits per heavy atom. The van der Waals surface area contributed by atoms with Crippen LogP contribution < -0.4 is 5.32 Å². The Labute approximate surface area is 160 Å². The topological polar surface area (TPSA) is 78.2 Å². The number of pyridine rings is 1. The first-order valence-corrected chi connectivity index (χ1v) is 9.07. The fraction of sp³-hybridized carbons (Fsp3) is 0.350. The first kappa shape index (κ1) is 18.3. The Bertz CT molecular complexity index is 940. The molecule has 1 atom stereocenters. The van der Waals surface area contributed by atoms with E-state index in [1.807, 2.05) is 6.07 Å². The van der Waals surface area contributed by atoms with Gasteiger partial charge in [0.25, 0.3) is 0 Å². The van der Waals surface area contributed by atoms with E-state index < -0.39 is 11.6 Å². The average molecular weight is 384 g/mol. The van der Waals surface area contributed by atoms with Crippen LogP contribution >= 0.6 is 0 Å². The third kappa shape index (κ3) is 3.66. The zero-order chi connectivity index (χ0) is 19.7. The number of aromatic nitrogens is 1. The Morgan fingerprint density at radius 3 is 2.79 bits per heavy atom. The number of nitriles is 1. The van der Waals surface area contributed by atoms with Crippen molar-refractivity contribution >= 4 is 11.6 Å². The van der Waals surface area contributed by atoms with Crippen LogP contribution in [0.15, 0.2) is 36.7 Å². The number of halogens is 2. The number of rotatable bonds is 4. The summed E-state index contributed by atoms with van der Waals surface area (Å²) in [5.41, 5.74) is 1.38. The van der Waals surface area contributed by atoms with Crippen LogP contribution in [0, 0.1) is 28.9 Å². The van der Waals surface area contributed by atoms with Crippen LogP contribution in [0.4, 0.5) is 14.5 Å². The molecule has 0 radical (unpaired) electrons. The van der Waals surface area contributed by atoms with E-state index in [-0.39, 0.29) is 29.5 Å². The van der Waals surface area contributed by atoms with Gasteiger partial charge in [0.05, 0.1) is 30.5 Å². The molecule has 0 unspecified atom stereocenters. The number of hydroxylamine groups is 2. The SMILES string of the molecule is N#Cc1cc(F)cc(NC2CC(C(=O)N3OCC[C@H]3c3cncc(F)c3)C2)c1. The summed E-state index contributed by atoms with van der Waals surface area (Å²) in [4.78, 5) is 22.2. The standard InChI is InChI=1S/C20H18F2N4O2/c21-15-3-12(9-23)4-17(8-15)25-18-6-13(7-18)20(27)26-19(1-2-28-26)14-5-16(22)11-24-10-14/h3-5,8,10-11,13,18-19,25H,1-2,6-7H2/t13?,18?,19-/m0/s1. The Hall–Kier alpha value is -3.05. The molecule has 2 fully saturated rings. The predicted octanol–water partition coefficient (Wildman–Crippen LogP) is 3.33. The van der Waals surface area contributed by atoms with E-state index in [0.717, 1.165) is 6.20 Å². The number of hydrogen-bond acceptors (Lipinski definition) is 5. The molecule has 2 heterocycles. The molecule has 8 heteroatoms. The summed E-state index contributed by atoms with van der Waals surface area (Å²) in [7, 11) is 0. The van der Waals surface area contributed by atoms with Crippen molar-refractivity contribution in [2.45, 2.75) is 31.3 Å². The molecule has 1 aromatic carbocycles. The Kier molecular flexibility index (Phi) is 4.92. The quantitative estimate of drug-likeness (QED) is 0.875. The van der Waals surface area contributed by atoms with Crippen molar-refractivity contribution in [2.75, 3.05) is 11.9 Å². The molecule has 1 aliphatic heterocycles. The van der Waals surface area contributed by atoms with Gasteiger partial charge in [0.2, 0.25) is 5.91 Å². The van der Waals surface area contributed by atoms with E-state index in [2.05, 4.69) is 10.3 Å². The number of nitrogens with one attached hydrogen (secondary N) is 1. The van der Waals surface area contributed by atoms with Crippen molar-refractivity contribution in [3.63, 3.8) is 0 Å². The molecule has 1 aliphatic carbocycles. The van der Waals surface area contributed by atoms with E-state index in [4.69, 9.17) is 10.1 Å². The molecule has 6 nitrogen and oxygen atoms in total. The molecule has 144 valence electrons. The van der Waals surface area contributed by atoms with Gasteiger partial charge in [0.15, 0.2) is 0 Å². The molecule has 1 N–H and O–H groups in total. The fourth-order valence-corrected chi connectivity index (χ4v) is 3.69. The monoisotopic (exact) mass is 384 g/mol. The zero-order valence-corrected chi connectivity index (χ0v) is 14.9. The van der Waals surface area contributed by atoms with Gasteiger partial charge in [-0.15, -0.1) is 0 Å². The molecule has 1 aromatic heterocycles. The van der Waals surface area contributed by atoms with Gasteiger partial charge in [-0.25, -0.2) is 13.8 Å². The van der Waals surface area contributed by atoms with Crippen LogP contribution in [0.1, 0.15) is 36.4 Å². The molecule has 0 bridgehead atoms. The number of carbonyl (C=O) groups is 1. The van der Waals surface area contributed by atoms with Crippen LogP contribution in [0.5, 0.6) is 0 Å². The zero-order valence-electron chi connectivity index (χ0n) is 14.9. The molecule has 2 aliphatic rings.